The summed E-state index contributed by atoms with van der Waals surface area (Å²) in [4.78, 5) is 10.8. The van der Waals surface area contributed by atoms with Crippen LogP contribution in [0.1, 0.15) is 37.5 Å². The largest absolute Gasteiger partial charge is 0.480 e. The van der Waals surface area contributed by atoms with Gasteiger partial charge in [0.25, 0.3) is 0 Å². The molecule has 0 heterocycles. The molecule has 0 fully saturated rings. The first kappa shape index (κ1) is 21.4. The van der Waals surface area contributed by atoms with E-state index in [1.165, 1.54) is 16.7 Å². The van der Waals surface area contributed by atoms with Crippen molar-refractivity contribution in [2.75, 3.05) is 18.1 Å². The molecule has 0 aliphatic rings. The third-order valence-corrected chi connectivity index (χ3v) is 5.46. The van der Waals surface area contributed by atoms with Crippen LogP contribution in [0, 0.1) is 5.41 Å². The van der Waals surface area contributed by atoms with Crippen LogP contribution in [0.3, 0.4) is 0 Å². The van der Waals surface area contributed by atoms with E-state index in [1.54, 1.807) is 11.8 Å². The fraction of sp³-hybridized carbons (Fsp3) is 0.611. The predicted octanol–water partition coefficient (Wildman–Crippen LogP) is 3.11. The van der Waals surface area contributed by atoms with Crippen molar-refractivity contribution in [2.24, 2.45) is 16.9 Å². The number of hydrogen-bond acceptors (Lipinski definition) is 5. The van der Waals surface area contributed by atoms with Crippen LogP contribution < -0.4 is 11.5 Å². The minimum absolute atomic E-state index is 0.235. The van der Waals surface area contributed by atoms with Gasteiger partial charge in [0, 0.05) is 29.6 Å². The molecule has 0 bridgehead atoms. The van der Waals surface area contributed by atoms with Crippen molar-refractivity contribution in [3.63, 3.8) is 0 Å². The summed E-state index contributed by atoms with van der Waals surface area (Å²) in [6.45, 7) is 7.41. The normalized spacial score (nSPS) is 13.0. The Morgan fingerprint density at radius 3 is 2.17 bits per heavy atom. The van der Waals surface area contributed by atoms with Crippen LogP contribution in [0.2, 0.25) is 0 Å². The number of benzene rings is 1. The first-order chi connectivity index (χ1) is 11.2. The molecule has 24 heavy (non-hydrogen) atoms. The van der Waals surface area contributed by atoms with Crippen molar-refractivity contribution >= 4 is 29.5 Å². The van der Waals surface area contributed by atoms with Crippen molar-refractivity contribution in [1.29, 1.82) is 0 Å². The number of nitrogens with two attached hydrogens (primary N) is 2. The molecular weight excluding hydrogens is 340 g/mol. The fourth-order valence-corrected chi connectivity index (χ4v) is 4.00. The van der Waals surface area contributed by atoms with E-state index in [1.807, 2.05) is 11.8 Å². The zero-order chi connectivity index (χ0) is 18.2. The Balaban J connectivity index is 2.78. The highest BCUT2D eigenvalue weighted by Gasteiger charge is 2.14. The molecule has 1 rings (SSSR count). The summed E-state index contributed by atoms with van der Waals surface area (Å²) < 4.78 is 0. The summed E-state index contributed by atoms with van der Waals surface area (Å²) in [6, 6.07) is 5.94. The number of carbonyl (C=O) groups is 1. The second kappa shape index (κ2) is 10.3. The smallest absolute Gasteiger partial charge is 0.321 e. The molecule has 0 aliphatic heterocycles. The van der Waals surface area contributed by atoms with Crippen LogP contribution in [0.15, 0.2) is 18.2 Å². The lowest BCUT2D eigenvalue weighted by atomic mass is 9.87. The van der Waals surface area contributed by atoms with Crippen molar-refractivity contribution in [2.45, 2.75) is 44.7 Å². The lowest BCUT2D eigenvalue weighted by Crippen LogP contribution is -2.32. The molecule has 0 saturated carbocycles. The van der Waals surface area contributed by atoms with Crippen molar-refractivity contribution in [1.82, 2.24) is 0 Å². The summed E-state index contributed by atoms with van der Waals surface area (Å²) in [6.07, 6.45) is 1.02. The minimum Gasteiger partial charge on any atom is -0.480 e. The van der Waals surface area contributed by atoms with Crippen molar-refractivity contribution in [3.8, 4) is 0 Å². The van der Waals surface area contributed by atoms with Crippen molar-refractivity contribution in [3.05, 3.63) is 34.9 Å². The molecule has 1 atom stereocenters. The molecule has 0 aliphatic carbocycles. The van der Waals surface area contributed by atoms with Gasteiger partial charge in [0.15, 0.2) is 0 Å². The molecule has 1 aromatic rings. The van der Waals surface area contributed by atoms with Gasteiger partial charge < -0.3 is 16.6 Å². The highest BCUT2D eigenvalue weighted by Crippen LogP contribution is 2.25. The third kappa shape index (κ3) is 8.97. The van der Waals surface area contributed by atoms with Crippen LogP contribution in [0.5, 0.6) is 0 Å². The highest BCUT2D eigenvalue weighted by molar-refractivity contribution is 7.98. The highest BCUT2D eigenvalue weighted by atomic mass is 32.2. The molecule has 0 radical (unpaired) electrons. The monoisotopic (exact) mass is 370 g/mol. The van der Waals surface area contributed by atoms with E-state index in [-0.39, 0.29) is 5.41 Å². The summed E-state index contributed by atoms with van der Waals surface area (Å²) in [5, 5.41) is 8.86. The topological polar surface area (TPSA) is 89.3 Å². The van der Waals surface area contributed by atoms with E-state index in [2.05, 4.69) is 39.0 Å². The zero-order valence-corrected chi connectivity index (χ0v) is 16.5. The Morgan fingerprint density at radius 1 is 1.12 bits per heavy atom. The maximum absolute atomic E-state index is 10.8. The lowest BCUT2D eigenvalue weighted by Gasteiger charge is -2.19. The number of thioether (sulfide) groups is 2. The maximum atomic E-state index is 10.8. The lowest BCUT2D eigenvalue weighted by molar-refractivity contribution is -0.137. The number of aliphatic carboxylic acids is 1. The van der Waals surface area contributed by atoms with Gasteiger partial charge in [-0.2, -0.15) is 23.5 Å². The Hall–Kier alpha value is -0.690. The van der Waals surface area contributed by atoms with Gasteiger partial charge in [0.2, 0.25) is 0 Å². The van der Waals surface area contributed by atoms with Gasteiger partial charge in [-0.15, -0.1) is 0 Å². The standard InChI is InChI=1S/C18H30N2O2S2/c1-18(2,3)9-13-6-14(10-23-5-4-19)8-15(7-13)11-24-12-16(20)17(21)22/h6-8,16H,4-5,9-12,19-20H2,1-3H3,(H,21,22)/t16-/m0/s1. The van der Waals surface area contributed by atoms with Gasteiger partial charge in [0.05, 0.1) is 0 Å². The molecule has 1 aromatic carbocycles. The Kier molecular flexibility index (Phi) is 9.19. The summed E-state index contributed by atoms with van der Waals surface area (Å²) >= 11 is 3.42. The Labute approximate surface area is 154 Å². The van der Waals surface area contributed by atoms with Gasteiger partial charge in [0.1, 0.15) is 6.04 Å². The molecule has 0 spiro atoms. The third-order valence-electron chi connectivity index (χ3n) is 3.26. The molecule has 0 aromatic heterocycles. The maximum Gasteiger partial charge on any atom is 0.321 e. The molecule has 0 unspecified atom stereocenters. The summed E-state index contributed by atoms with van der Waals surface area (Å²) in [5.74, 6) is 2.19. The molecule has 6 heteroatoms. The molecule has 5 N–H and O–H groups in total. The van der Waals surface area contributed by atoms with Gasteiger partial charge in [-0.3, -0.25) is 4.79 Å². The van der Waals surface area contributed by atoms with E-state index in [0.717, 1.165) is 23.7 Å². The van der Waals surface area contributed by atoms with E-state index in [0.29, 0.717) is 12.3 Å². The average molecular weight is 371 g/mol. The van der Waals surface area contributed by atoms with E-state index in [9.17, 15) is 4.79 Å². The first-order valence-electron chi connectivity index (χ1n) is 8.17. The molecule has 0 amide bonds. The number of carboxylic acids is 1. The molecular formula is C18H30N2O2S2. The van der Waals surface area contributed by atoms with Crippen LogP contribution >= 0.6 is 23.5 Å². The Bertz CT molecular complexity index is 530. The molecule has 0 saturated heterocycles. The van der Waals surface area contributed by atoms with E-state index in [4.69, 9.17) is 16.6 Å². The second-order valence-electron chi connectivity index (χ2n) is 7.20. The van der Waals surface area contributed by atoms with Gasteiger partial charge in [-0.25, -0.2) is 0 Å². The fourth-order valence-electron chi connectivity index (χ4n) is 2.37. The van der Waals surface area contributed by atoms with Gasteiger partial charge in [-0.05, 0) is 28.5 Å². The molecule has 136 valence electrons. The van der Waals surface area contributed by atoms with E-state index >= 15 is 0 Å². The van der Waals surface area contributed by atoms with Crippen LogP contribution in [0.25, 0.3) is 0 Å². The zero-order valence-electron chi connectivity index (χ0n) is 14.9. The van der Waals surface area contributed by atoms with Gasteiger partial charge >= 0.3 is 5.97 Å². The predicted molar refractivity (Wildman–Crippen MR) is 107 cm³/mol. The summed E-state index contributed by atoms with van der Waals surface area (Å²) in [5.41, 5.74) is 15.3. The number of rotatable bonds is 10. The Morgan fingerprint density at radius 2 is 1.67 bits per heavy atom. The number of carboxylic acid groups (broad SMARTS) is 1. The van der Waals surface area contributed by atoms with Crippen LogP contribution in [-0.4, -0.2) is 35.2 Å². The second-order valence-corrected chi connectivity index (χ2v) is 9.33. The summed E-state index contributed by atoms with van der Waals surface area (Å²) in [7, 11) is 0. The minimum atomic E-state index is -0.942. The van der Waals surface area contributed by atoms with E-state index < -0.39 is 12.0 Å². The van der Waals surface area contributed by atoms with Gasteiger partial charge in [-0.1, -0.05) is 39.0 Å². The SMILES string of the molecule is CC(C)(C)Cc1cc(CSCCN)cc(CSC[C@H](N)C(=O)O)c1. The number of hydrogen-bond donors (Lipinski definition) is 3. The van der Waals surface area contributed by atoms with Crippen LogP contribution in [-0.2, 0) is 22.7 Å². The molecule has 4 nitrogen and oxygen atoms in total. The quantitative estimate of drug-likeness (QED) is 0.548. The van der Waals surface area contributed by atoms with Crippen molar-refractivity contribution < 1.29 is 9.90 Å². The van der Waals surface area contributed by atoms with Crippen LogP contribution in [0.4, 0.5) is 0 Å². The average Bonchev–Trinajstić information content (AvgIpc) is 2.45. The first-order valence-corrected chi connectivity index (χ1v) is 10.5.